The van der Waals surface area contributed by atoms with E-state index in [0.717, 1.165) is 23.9 Å². The number of aromatic nitrogens is 2. The van der Waals surface area contributed by atoms with Crippen LogP contribution in [0.5, 0.6) is 0 Å². The van der Waals surface area contributed by atoms with Gasteiger partial charge >= 0.3 is 0 Å². The molecule has 0 fully saturated rings. The first kappa shape index (κ1) is 23.5. The second-order valence-corrected chi connectivity index (χ2v) is 15.6. The third kappa shape index (κ3) is 9.43. The maximum absolute atomic E-state index is 8.66. The summed E-state index contributed by atoms with van der Waals surface area (Å²) in [6.45, 7) is -13.3. The van der Waals surface area contributed by atoms with Gasteiger partial charge in [-0.2, -0.15) is 0 Å². The topological polar surface area (TPSA) is 38.9 Å². The minimum atomic E-state index is -2.91. The first-order valence-corrected chi connectivity index (χ1v) is 19.3. The van der Waals surface area contributed by atoms with E-state index in [9.17, 15) is 0 Å². The molecule has 0 spiro atoms. The molecule has 0 aliphatic rings. The van der Waals surface area contributed by atoms with Gasteiger partial charge in [0, 0.05) is 69.4 Å². The molecule has 6 aromatic carbocycles. The van der Waals surface area contributed by atoms with Crippen LogP contribution in [-0.4, -0.2) is 9.97 Å². The number of fused-ring (bicyclic) bond motifs is 3. The number of hydrogen-bond donors (Lipinski definition) is 0. The number of pyridine rings is 2. The van der Waals surface area contributed by atoms with Gasteiger partial charge in [-0.25, -0.2) is 0 Å². The van der Waals surface area contributed by atoms with Crippen molar-refractivity contribution in [3.63, 3.8) is 0 Å². The predicted molar refractivity (Wildman–Crippen MR) is 257 cm³/mol. The van der Waals surface area contributed by atoms with Crippen molar-refractivity contribution in [2.24, 2.45) is 5.41 Å². The van der Waals surface area contributed by atoms with Crippen LogP contribution in [0.1, 0.15) is 96.8 Å². The van der Waals surface area contributed by atoms with Crippen LogP contribution in [0.25, 0.3) is 77.8 Å². The Bertz CT molecular complexity index is 3900. The molecule has 3 aromatic heterocycles. The van der Waals surface area contributed by atoms with Crippen molar-refractivity contribution >= 4 is 21.9 Å². The number of rotatable bonds is 6. The number of furan rings is 1. The van der Waals surface area contributed by atoms with E-state index in [0.29, 0.717) is 33.3 Å². The van der Waals surface area contributed by atoms with Crippen LogP contribution < -0.4 is 0 Å². The molecule has 9 aromatic rings. The second kappa shape index (κ2) is 18.2. The molecule has 62 heavy (non-hydrogen) atoms. The molecule has 4 heteroatoms. The van der Waals surface area contributed by atoms with Gasteiger partial charge in [0.05, 0.1) is 5.58 Å². The van der Waals surface area contributed by atoms with Gasteiger partial charge in [-0.3, -0.25) is 0 Å². The van der Waals surface area contributed by atoms with Gasteiger partial charge in [-0.05, 0) is 132 Å². The van der Waals surface area contributed by atoms with E-state index >= 15 is 0 Å². The summed E-state index contributed by atoms with van der Waals surface area (Å²) in [6.07, 6.45) is 0.580. The average Bonchev–Trinajstić information content (AvgIpc) is 1.98. The van der Waals surface area contributed by atoms with E-state index in [2.05, 4.69) is 22.1 Å². The minimum absolute atomic E-state index is 0. The third-order valence-corrected chi connectivity index (χ3v) is 9.93. The number of hydrogen-bond acceptors (Lipinski definition) is 3. The van der Waals surface area contributed by atoms with Gasteiger partial charge in [0.25, 0.3) is 0 Å². The van der Waals surface area contributed by atoms with Crippen molar-refractivity contribution in [1.82, 2.24) is 9.97 Å². The van der Waals surface area contributed by atoms with Gasteiger partial charge in [0.2, 0.25) is 0 Å². The van der Waals surface area contributed by atoms with E-state index in [-0.39, 0.29) is 104 Å². The Morgan fingerprint density at radius 3 is 1.97 bits per heavy atom. The first-order chi connectivity index (χ1) is 38.5. The van der Waals surface area contributed by atoms with Gasteiger partial charge in [0.1, 0.15) is 5.58 Å². The molecule has 0 aliphatic heterocycles. The monoisotopic (exact) mass is 1010 g/mol. The van der Waals surface area contributed by atoms with Crippen molar-refractivity contribution in [3.8, 4) is 55.9 Å². The Morgan fingerprint density at radius 1 is 0.565 bits per heavy atom. The van der Waals surface area contributed by atoms with E-state index in [1.165, 1.54) is 66.9 Å². The Hall–Kier alpha value is -5.93. The summed E-state index contributed by atoms with van der Waals surface area (Å²) in [6, 6.07) is 36.6. The number of aryl methyl sites for hydroxylation is 7. The molecule has 0 saturated carbocycles. The minimum Gasteiger partial charge on any atom is -0.500 e. The van der Waals surface area contributed by atoms with Crippen molar-refractivity contribution in [2.45, 2.75) is 75.1 Å². The van der Waals surface area contributed by atoms with Crippen LogP contribution >= 0.6 is 0 Å². The molecule has 0 unspecified atom stereocenters. The van der Waals surface area contributed by atoms with Gasteiger partial charge < -0.3 is 14.4 Å². The molecule has 3 nitrogen and oxygen atoms in total. The standard InChI is InChI=1S/C39H38NO.C19H16N.Ir/c1-23-16-26(4)37-35(17-23)30-10-9-11-31(38(30)41-37)36-20-34(27(5)22-40-36)33-19-24(2)32(18-25(33)3)29-14-12-28(13-15-29)21-39(6,7)8;1-14-8-11-19(20-13-14)17-10-9-15(2)18(12-17)16-6-4-3-5-7-16;/h9-10,12-20,22H,21H2,1-8H3;3-9,11-13H,1-2H3;/q2*-1;/i1D3,2D3,3D3,4D3,5D3,21D2;1D3,2D3;. The number of benzene rings is 6. The summed E-state index contributed by atoms with van der Waals surface area (Å²) >= 11 is 0. The summed E-state index contributed by atoms with van der Waals surface area (Å²) in [5.41, 5.74) is 0.839. The summed E-state index contributed by atoms with van der Waals surface area (Å²) < 4.78 is 194. The van der Waals surface area contributed by atoms with Crippen LogP contribution in [0.15, 0.2) is 138 Å². The molecule has 313 valence electrons. The Balaban J connectivity index is 0.000000319. The van der Waals surface area contributed by atoms with Crippen molar-refractivity contribution in [1.29, 1.82) is 0 Å². The molecule has 0 bridgehead atoms. The molecule has 0 atom stereocenters. The Labute approximate surface area is 414 Å². The molecule has 0 amide bonds. The fourth-order valence-electron chi connectivity index (χ4n) is 7.12. The fraction of sp³-hybridized carbons (Fsp3) is 0.207. The summed E-state index contributed by atoms with van der Waals surface area (Å²) in [5, 5.41) is 0.497. The fourth-order valence-corrected chi connectivity index (χ4v) is 7.12. The Morgan fingerprint density at radius 2 is 1.26 bits per heavy atom. The number of nitrogens with zero attached hydrogens (tertiary/aromatic N) is 2. The molecule has 3 heterocycles. The van der Waals surface area contributed by atoms with E-state index in [4.69, 9.17) is 35.9 Å². The SMILES string of the molecule is [2H]C([2H])([2H])c1cc(C([2H])([2H])[2H])c2oc3c(-c4cc(-c5cc(C([2H])([2H])[2H])c(-c6ccc(C([2H])([2H])C(C)(C)C)cc6)cc5C([2H])([2H])[2H])c(C([2H])([2H])[2H])cn4)[c-]ccc3c2c1.[2H]C([2H])([2H])c1ccc(-c2[c-]cc(C([2H])([2H])[2H])c(-c3ccccc3)c2)nc1.[Ir]. The molecule has 0 aliphatic carbocycles. The van der Waals surface area contributed by atoms with Crippen LogP contribution in [0.2, 0.25) is 0 Å². The molecular formula is C58H54IrN2O-2. The van der Waals surface area contributed by atoms with Gasteiger partial charge in [-0.15, -0.1) is 47.5 Å². The van der Waals surface area contributed by atoms with Gasteiger partial charge in [-0.1, -0.05) is 141 Å². The largest absolute Gasteiger partial charge is 0.500 e. The summed E-state index contributed by atoms with van der Waals surface area (Å²) in [7, 11) is 0. The third-order valence-electron chi connectivity index (χ3n) is 9.93. The zero-order valence-electron chi connectivity index (χ0n) is 56.8. The van der Waals surface area contributed by atoms with Gasteiger partial charge in [0.15, 0.2) is 0 Å². The van der Waals surface area contributed by atoms with Crippen LogP contribution in [0.4, 0.5) is 0 Å². The van der Waals surface area contributed by atoms with Crippen LogP contribution in [0, 0.1) is 65.5 Å². The second-order valence-electron chi connectivity index (χ2n) is 15.6. The zero-order chi connectivity index (χ0) is 62.3. The van der Waals surface area contributed by atoms with E-state index in [1.54, 1.807) is 39.0 Å². The quantitative estimate of drug-likeness (QED) is 0.156. The average molecular weight is 1010 g/mol. The molecule has 0 N–H and O–H groups in total. The molecule has 0 saturated heterocycles. The maximum atomic E-state index is 8.66. The van der Waals surface area contributed by atoms with Crippen LogP contribution in [0.3, 0.4) is 0 Å². The predicted octanol–water partition coefficient (Wildman–Crippen LogP) is 15.7. The zero-order valence-corrected chi connectivity index (χ0v) is 36.2. The Kier molecular flexibility index (Phi) is 6.89. The summed E-state index contributed by atoms with van der Waals surface area (Å²) in [4.78, 5) is 8.60. The maximum Gasteiger partial charge on any atom is 0.123 e. The normalized spacial score (nSPS) is 18.5. The van der Waals surface area contributed by atoms with Crippen molar-refractivity contribution in [3.05, 3.63) is 190 Å². The first-order valence-electron chi connectivity index (χ1n) is 30.8. The van der Waals surface area contributed by atoms with Crippen molar-refractivity contribution in [2.75, 3.05) is 0 Å². The van der Waals surface area contributed by atoms with Crippen molar-refractivity contribution < 1.29 is 56.0 Å². The molecule has 1 radical (unpaired) electrons. The summed E-state index contributed by atoms with van der Waals surface area (Å²) in [5.74, 6) is 0. The molecular weight excluding hydrogens is 933 g/mol. The molecule has 9 rings (SSSR count). The van der Waals surface area contributed by atoms with E-state index < -0.39 is 59.8 Å². The van der Waals surface area contributed by atoms with E-state index in [1.807, 2.05) is 30.3 Å². The smallest absolute Gasteiger partial charge is 0.123 e. The van der Waals surface area contributed by atoms with Crippen LogP contribution in [-0.2, 0) is 26.5 Å².